The summed E-state index contributed by atoms with van der Waals surface area (Å²) in [6.45, 7) is 1.83. The summed E-state index contributed by atoms with van der Waals surface area (Å²) >= 11 is 9.30. The number of ether oxygens (including phenoxy) is 1. The number of hydrogen-bond acceptors (Lipinski definition) is 2. The van der Waals surface area contributed by atoms with E-state index in [0.29, 0.717) is 16.5 Å². The normalized spacial score (nSPS) is 10.2. The van der Waals surface area contributed by atoms with Crippen molar-refractivity contribution in [3.05, 3.63) is 57.5 Å². The number of carbonyl (C=O) groups excluding carboxylic acids is 1. The molecule has 20 heavy (non-hydrogen) atoms. The third kappa shape index (κ3) is 3.99. The van der Waals surface area contributed by atoms with Crippen LogP contribution in [0.3, 0.4) is 0 Å². The molecule has 0 aliphatic heterocycles. The van der Waals surface area contributed by atoms with Crippen molar-refractivity contribution in [3.63, 3.8) is 0 Å². The van der Waals surface area contributed by atoms with Gasteiger partial charge in [-0.25, -0.2) is 0 Å². The first-order valence-corrected chi connectivity index (χ1v) is 7.16. The number of amides is 1. The van der Waals surface area contributed by atoms with Gasteiger partial charge in [-0.1, -0.05) is 23.7 Å². The minimum absolute atomic E-state index is 0.0532. The first-order chi connectivity index (χ1) is 9.56. The number of rotatable bonds is 4. The maximum atomic E-state index is 11.8. The van der Waals surface area contributed by atoms with Crippen LogP contribution < -0.4 is 10.1 Å². The van der Waals surface area contributed by atoms with E-state index in [-0.39, 0.29) is 12.5 Å². The monoisotopic (exact) mass is 353 g/mol. The summed E-state index contributed by atoms with van der Waals surface area (Å²) in [5.41, 5.74) is 1.63. The van der Waals surface area contributed by atoms with Gasteiger partial charge in [0, 0.05) is 9.50 Å². The number of para-hydroxylation sites is 1. The molecule has 0 saturated carbocycles. The summed E-state index contributed by atoms with van der Waals surface area (Å²) < 4.78 is 6.26. The van der Waals surface area contributed by atoms with E-state index in [4.69, 9.17) is 16.3 Å². The van der Waals surface area contributed by atoms with Crippen molar-refractivity contribution < 1.29 is 9.53 Å². The number of anilines is 1. The first-order valence-electron chi connectivity index (χ1n) is 5.99. The van der Waals surface area contributed by atoms with Crippen LogP contribution in [0, 0.1) is 6.92 Å². The lowest BCUT2D eigenvalue weighted by molar-refractivity contribution is -0.118. The van der Waals surface area contributed by atoms with Crippen molar-refractivity contribution in [1.29, 1.82) is 0 Å². The summed E-state index contributed by atoms with van der Waals surface area (Å²) in [5.74, 6) is 0.402. The second-order valence-corrected chi connectivity index (χ2v) is 5.49. The molecule has 5 heteroatoms. The van der Waals surface area contributed by atoms with Gasteiger partial charge < -0.3 is 10.1 Å². The molecule has 0 fully saturated rings. The number of halogens is 2. The quantitative estimate of drug-likeness (QED) is 0.882. The van der Waals surface area contributed by atoms with Crippen LogP contribution in [0.1, 0.15) is 5.56 Å². The van der Waals surface area contributed by atoms with Crippen LogP contribution in [0.4, 0.5) is 5.69 Å². The molecule has 0 aliphatic rings. The Hall–Kier alpha value is -1.52. The fourth-order valence-corrected chi connectivity index (χ4v) is 2.11. The lowest BCUT2D eigenvalue weighted by Gasteiger charge is -2.09. The van der Waals surface area contributed by atoms with Crippen molar-refractivity contribution in [2.75, 3.05) is 11.9 Å². The highest BCUT2D eigenvalue weighted by Crippen LogP contribution is 2.22. The third-order valence-electron chi connectivity index (χ3n) is 2.65. The molecule has 1 N–H and O–H groups in total. The Bertz CT molecular complexity index is 631. The molecule has 0 radical (unpaired) electrons. The highest BCUT2D eigenvalue weighted by Gasteiger charge is 2.06. The molecular formula is C15H13BrClNO2. The van der Waals surface area contributed by atoms with Gasteiger partial charge in [-0.3, -0.25) is 4.79 Å². The van der Waals surface area contributed by atoms with Crippen LogP contribution in [0.25, 0.3) is 0 Å². The fraction of sp³-hybridized carbons (Fsp3) is 0.133. The lowest BCUT2D eigenvalue weighted by Crippen LogP contribution is -2.20. The zero-order valence-electron chi connectivity index (χ0n) is 10.8. The van der Waals surface area contributed by atoms with Crippen LogP contribution in [-0.2, 0) is 4.79 Å². The molecule has 0 aromatic heterocycles. The number of aryl methyl sites for hydroxylation is 1. The van der Waals surface area contributed by atoms with Gasteiger partial charge in [0.2, 0.25) is 0 Å². The van der Waals surface area contributed by atoms with Crippen molar-refractivity contribution in [1.82, 2.24) is 0 Å². The molecule has 0 unspecified atom stereocenters. The van der Waals surface area contributed by atoms with E-state index in [9.17, 15) is 4.79 Å². The Kier molecular flexibility index (Phi) is 5.04. The van der Waals surface area contributed by atoms with E-state index >= 15 is 0 Å². The third-order valence-corrected chi connectivity index (χ3v) is 3.76. The van der Waals surface area contributed by atoms with Crippen molar-refractivity contribution in [2.24, 2.45) is 0 Å². The Morgan fingerprint density at radius 2 is 2.05 bits per heavy atom. The summed E-state index contributed by atoms with van der Waals surface area (Å²) in [7, 11) is 0. The van der Waals surface area contributed by atoms with Gasteiger partial charge in [-0.15, -0.1) is 0 Å². The van der Waals surface area contributed by atoms with Gasteiger partial charge in [-0.2, -0.15) is 0 Å². The second-order valence-electron chi connectivity index (χ2n) is 4.23. The predicted molar refractivity (Wildman–Crippen MR) is 84.5 cm³/mol. The van der Waals surface area contributed by atoms with Crippen LogP contribution in [0.5, 0.6) is 5.75 Å². The lowest BCUT2D eigenvalue weighted by atomic mass is 10.2. The smallest absolute Gasteiger partial charge is 0.262 e. The van der Waals surface area contributed by atoms with Crippen LogP contribution >= 0.6 is 27.5 Å². The minimum atomic E-state index is -0.218. The zero-order chi connectivity index (χ0) is 14.5. The SMILES string of the molecule is Cc1cc(OCC(=O)Nc2ccccc2Br)ccc1Cl. The molecule has 2 aromatic carbocycles. The molecule has 0 atom stereocenters. The largest absolute Gasteiger partial charge is 0.484 e. The summed E-state index contributed by atoms with van der Waals surface area (Å²) in [4.78, 5) is 11.8. The summed E-state index contributed by atoms with van der Waals surface area (Å²) in [6.07, 6.45) is 0. The molecule has 2 rings (SSSR count). The van der Waals surface area contributed by atoms with E-state index in [1.807, 2.05) is 31.2 Å². The van der Waals surface area contributed by atoms with Gasteiger partial charge in [0.15, 0.2) is 6.61 Å². The maximum Gasteiger partial charge on any atom is 0.262 e. The standard InChI is InChI=1S/C15H13BrClNO2/c1-10-8-11(6-7-13(10)17)20-9-15(19)18-14-5-3-2-4-12(14)16/h2-8H,9H2,1H3,(H,18,19). The second kappa shape index (κ2) is 6.77. The molecule has 1 amide bonds. The topological polar surface area (TPSA) is 38.3 Å². The molecule has 0 heterocycles. The molecule has 0 bridgehead atoms. The maximum absolute atomic E-state index is 11.8. The average molecular weight is 355 g/mol. The van der Waals surface area contributed by atoms with E-state index in [2.05, 4.69) is 21.2 Å². The van der Waals surface area contributed by atoms with E-state index in [1.165, 1.54) is 0 Å². The predicted octanol–water partition coefficient (Wildman–Crippen LogP) is 4.43. The van der Waals surface area contributed by atoms with Gasteiger partial charge in [-0.05, 0) is 58.7 Å². The molecule has 0 aliphatic carbocycles. The fourth-order valence-electron chi connectivity index (χ4n) is 1.60. The van der Waals surface area contributed by atoms with Crippen LogP contribution in [0.2, 0.25) is 5.02 Å². The van der Waals surface area contributed by atoms with Crippen LogP contribution in [0.15, 0.2) is 46.9 Å². The number of carbonyl (C=O) groups is 1. The highest BCUT2D eigenvalue weighted by molar-refractivity contribution is 9.10. The van der Waals surface area contributed by atoms with Gasteiger partial charge in [0.1, 0.15) is 5.75 Å². The van der Waals surface area contributed by atoms with E-state index < -0.39 is 0 Å². The molecule has 0 saturated heterocycles. The van der Waals surface area contributed by atoms with Crippen molar-refractivity contribution in [3.8, 4) is 5.75 Å². The molecule has 3 nitrogen and oxygen atoms in total. The van der Waals surface area contributed by atoms with Gasteiger partial charge >= 0.3 is 0 Å². The summed E-state index contributed by atoms with van der Waals surface area (Å²) in [5, 5.41) is 3.45. The minimum Gasteiger partial charge on any atom is -0.484 e. The number of nitrogens with one attached hydrogen (secondary N) is 1. The average Bonchev–Trinajstić information content (AvgIpc) is 2.43. The number of benzene rings is 2. The Balaban J connectivity index is 1.92. The van der Waals surface area contributed by atoms with Crippen molar-refractivity contribution >= 4 is 39.1 Å². The first kappa shape index (κ1) is 14.9. The van der Waals surface area contributed by atoms with Crippen molar-refractivity contribution in [2.45, 2.75) is 6.92 Å². The van der Waals surface area contributed by atoms with Gasteiger partial charge in [0.05, 0.1) is 5.69 Å². The van der Waals surface area contributed by atoms with E-state index in [0.717, 1.165) is 10.0 Å². The Labute approximate surface area is 131 Å². The van der Waals surface area contributed by atoms with Crippen LogP contribution in [-0.4, -0.2) is 12.5 Å². The molecule has 2 aromatic rings. The Morgan fingerprint density at radius 1 is 1.30 bits per heavy atom. The highest BCUT2D eigenvalue weighted by atomic mass is 79.9. The molecular weight excluding hydrogens is 342 g/mol. The molecule has 0 spiro atoms. The number of hydrogen-bond donors (Lipinski definition) is 1. The summed E-state index contributed by atoms with van der Waals surface area (Å²) in [6, 6.07) is 12.7. The van der Waals surface area contributed by atoms with Gasteiger partial charge in [0.25, 0.3) is 5.91 Å². The zero-order valence-corrected chi connectivity index (χ0v) is 13.2. The molecule has 104 valence electrons. The van der Waals surface area contributed by atoms with E-state index in [1.54, 1.807) is 18.2 Å². The Morgan fingerprint density at radius 3 is 2.75 bits per heavy atom.